The van der Waals surface area contributed by atoms with Crippen molar-refractivity contribution < 1.29 is 9.53 Å². The zero-order chi connectivity index (χ0) is 19.2. The number of hydrogen-bond donors (Lipinski definition) is 0. The van der Waals surface area contributed by atoms with Crippen LogP contribution in [0.25, 0.3) is 10.8 Å². The number of hydrogen-bond acceptors (Lipinski definition) is 3. The monoisotopic (exact) mass is 361 g/mol. The lowest BCUT2D eigenvalue weighted by Gasteiger charge is -2.15. The second-order valence-corrected chi connectivity index (χ2v) is 7.14. The molecule has 0 bridgehead atoms. The first-order valence-corrected chi connectivity index (χ1v) is 9.68. The van der Waals surface area contributed by atoms with Crippen molar-refractivity contribution in [3.05, 3.63) is 77.1 Å². The topological polar surface area (TPSA) is 39.2 Å². The Bertz CT molecular complexity index is 931. The zero-order valence-corrected chi connectivity index (χ0v) is 16.4. The van der Waals surface area contributed by atoms with Gasteiger partial charge in [-0.05, 0) is 64.8 Å². The summed E-state index contributed by atoms with van der Waals surface area (Å²) in [6.45, 7) is 6.73. The Morgan fingerprint density at radius 2 is 1.78 bits per heavy atom. The van der Waals surface area contributed by atoms with Crippen LogP contribution in [0.3, 0.4) is 0 Å². The molecular weight excluding hydrogens is 334 g/mol. The first kappa shape index (κ1) is 19.1. The lowest BCUT2D eigenvalue weighted by atomic mass is 9.90. The van der Waals surface area contributed by atoms with Gasteiger partial charge in [-0.2, -0.15) is 0 Å². The summed E-state index contributed by atoms with van der Waals surface area (Å²) in [7, 11) is 0. The van der Waals surface area contributed by atoms with Gasteiger partial charge in [0.25, 0.3) is 0 Å². The van der Waals surface area contributed by atoms with Gasteiger partial charge in [-0.3, -0.25) is 9.78 Å². The van der Waals surface area contributed by atoms with Gasteiger partial charge in [0, 0.05) is 18.8 Å². The molecule has 0 aliphatic rings. The minimum Gasteiger partial charge on any atom is -0.466 e. The van der Waals surface area contributed by atoms with Gasteiger partial charge in [-0.1, -0.05) is 50.2 Å². The molecule has 3 heteroatoms. The number of ether oxygens (including phenoxy) is 1. The number of rotatable bonds is 7. The van der Waals surface area contributed by atoms with Crippen LogP contribution in [0.2, 0.25) is 0 Å². The maximum absolute atomic E-state index is 11.7. The van der Waals surface area contributed by atoms with Gasteiger partial charge < -0.3 is 4.74 Å². The largest absolute Gasteiger partial charge is 0.466 e. The maximum Gasteiger partial charge on any atom is 0.306 e. The zero-order valence-electron chi connectivity index (χ0n) is 16.4. The molecule has 140 valence electrons. The minimum atomic E-state index is -0.146. The molecule has 0 saturated heterocycles. The fourth-order valence-electron chi connectivity index (χ4n) is 3.58. The summed E-state index contributed by atoms with van der Waals surface area (Å²) in [5.74, 6) is 0.342. The summed E-state index contributed by atoms with van der Waals surface area (Å²) in [5, 5.41) is 2.62. The molecule has 1 heterocycles. The summed E-state index contributed by atoms with van der Waals surface area (Å²) < 4.78 is 5.06. The Balaban J connectivity index is 1.90. The van der Waals surface area contributed by atoms with Gasteiger partial charge in [-0.15, -0.1) is 0 Å². The van der Waals surface area contributed by atoms with Crippen LogP contribution in [0.15, 0.2) is 54.9 Å². The van der Waals surface area contributed by atoms with Crippen LogP contribution in [0.1, 0.15) is 55.4 Å². The Kier molecular flexibility index (Phi) is 6.23. The number of pyridine rings is 1. The first-order valence-electron chi connectivity index (χ1n) is 9.68. The van der Waals surface area contributed by atoms with Crippen LogP contribution in [0.5, 0.6) is 0 Å². The summed E-state index contributed by atoms with van der Waals surface area (Å²) in [6, 6.07) is 15.1. The average Bonchev–Trinajstić information content (AvgIpc) is 2.67. The predicted molar refractivity (Wildman–Crippen MR) is 110 cm³/mol. The third kappa shape index (κ3) is 4.54. The fourth-order valence-corrected chi connectivity index (χ4v) is 3.58. The highest BCUT2D eigenvalue weighted by Crippen LogP contribution is 2.29. The molecule has 0 saturated carbocycles. The molecule has 0 aliphatic heterocycles. The molecule has 0 radical (unpaired) electrons. The van der Waals surface area contributed by atoms with Crippen molar-refractivity contribution in [3.63, 3.8) is 0 Å². The number of fused-ring (bicyclic) bond motifs is 1. The van der Waals surface area contributed by atoms with Crippen molar-refractivity contribution in [2.45, 2.75) is 46.0 Å². The first-order chi connectivity index (χ1) is 13.1. The molecule has 0 spiro atoms. The molecule has 2 aromatic carbocycles. The fraction of sp³-hybridized carbons (Fsp3) is 0.333. The van der Waals surface area contributed by atoms with Gasteiger partial charge in [0.05, 0.1) is 6.61 Å². The highest BCUT2D eigenvalue weighted by molar-refractivity contribution is 5.89. The smallest absolute Gasteiger partial charge is 0.306 e. The molecule has 0 unspecified atom stereocenters. The van der Waals surface area contributed by atoms with Crippen LogP contribution < -0.4 is 0 Å². The van der Waals surface area contributed by atoms with E-state index >= 15 is 0 Å². The van der Waals surface area contributed by atoms with E-state index in [2.05, 4.69) is 55.2 Å². The molecule has 0 atom stereocenters. The van der Waals surface area contributed by atoms with Crippen molar-refractivity contribution >= 4 is 16.7 Å². The van der Waals surface area contributed by atoms with Gasteiger partial charge in [-0.25, -0.2) is 0 Å². The summed E-state index contributed by atoms with van der Waals surface area (Å²) in [4.78, 5) is 16.0. The second-order valence-electron chi connectivity index (χ2n) is 7.14. The van der Waals surface area contributed by atoms with Gasteiger partial charge in [0.1, 0.15) is 0 Å². The van der Waals surface area contributed by atoms with Crippen molar-refractivity contribution in [3.8, 4) is 0 Å². The second kappa shape index (κ2) is 8.81. The minimum absolute atomic E-state index is 0.146. The lowest BCUT2D eigenvalue weighted by Crippen LogP contribution is -2.07. The van der Waals surface area contributed by atoms with E-state index in [4.69, 9.17) is 4.74 Å². The number of esters is 1. The molecule has 0 amide bonds. The normalized spacial score (nSPS) is 11.1. The molecule has 3 aromatic rings. The Labute approximate surface area is 161 Å². The quantitative estimate of drug-likeness (QED) is 0.526. The van der Waals surface area contributed by atoms with E-state index < -0.39 is 0 Å². The van der Waals surface area contributed by atoms with Crippen LogP contribution in [-0.2, 0) is 22.4 Å². The van der Waals surface area contributed by atoms with Gasteiger partial charge in [0.2, 0.25) is 0 Å². The van der Waals surface area contributed by atoms with Crippen molar-refractivity contribution in [2.24, 2.45) is 0 Å². The van der Waals surface area contributed by atoms with E-state index in [0.717, 1.165) is 12.0 Å². The lowest BCUT2D eigenvalue weighted by molar-refractivity contribution is -0.143. The number of benzene rings is 2. The Hall–Kier alpha value is -2.68. The third-order valence-corrected chi connectivity index (χ3v) is 4.96. The van der Waals surface area contributed by atoms with Crippen molar-refractivity contribution in [1.29, 1.82) is 0 Å². The Morgan fingerprint density at radius 3 is 2.52 bits per heavy atom. The average molecular weight is 361 g/mol. The van der Waals surface area contributed by atoms with Gasteiger partial charge >= 0.3 is 5.97 Å². The van der Waals surface area contributed by atoms with Gasteiger partial charge in [0.15, 0.2) is 0 Å². The predicted octanol–water partition coefficient (Wildman–Crippen LogP) is 5.44. The molecule has 0 aliphatic carbocycles. The number of carbonyl (C=O) groups is 1. The van der Waals surface area contributed by atoms with Crippen LogP contribution >= 0.6 is 0 Å². The molecule has 3 nitrogen and oxygen atoms in total. The number of carbonyl (C=O) groups excluding carboxylic acids is 1. The number of nitrogens with zero attached hydrogens (tertiary/aromatic N) is 1. The third-order valence-electron chi connectivity index (χ3n) is 4.96. The summed E-state index contributed by atoms with van der Waals surface area (Å²) in [5.41, 5.74) is 5.00. The van der Waals surface area contributed by atoms with E-state index in [9.17, 15) is 4.79 Å². The summed E-state index contributed by atoms with van der Waals surface area (Å²) >= 11 is 0. The molecule has 1 aromatic heterocycles. The molecule has 3 rings (SSSR count). The SMILES string of the molecule is CCOC(=O)CCc1ccncc1Cc1ccc(C(C)C)c2ccccc12. The molecule has 27 heavy (non-hydrogen) atoms. The van der Waals surface area contributed by atoms with Crippen LogP contribution in [0, 0.1) is 0 Å². The van der Waals surface area contributed by atoms with Crippen LogP contribution in [-0.4, -0.2) is 17.6 Å². The number of aryl methyl sites for hydroxylation is 1. The molecular formula is C24H27NO2. The van der Waals surface area contributed by atoms with E-state index in [0.29, 0.717) is 25.4 Å². The highest BCUT2D eigenvalue weighted by Gasteiger charge is 2.12. The molecule has 0 fully saturated rings. The Morgan fingerprint density at radius 1 is 1.00 bits per heavy atom. The standard InChI is InChI=1S/C24H27NO2/c1-4-27-24(26)12-10-18-13-14-25-16-20(18)15-19-9-11-21(17(2)3)23-8-6-5-7-22(19)23/h5-9,11,13-14,16-17H,4,10,12,15H2,1-3H3. The number of aromatic nitrogens is 1. The van der Waals surface area contributed by atoms with Crippen molar-refractivity contribution in [1.82, 2.24) is 4.98 Å². The maximum atomic E-state index is 11.7. The van der Waals surface area contributed by atoms with E-state index in [1.54, 1.807) is 6.20 Å². The van der Waals surface area contributed by atoms with Crippen molar-refractivity contribution in [2.75, 3.05) is 6.61 Å². The van der Waals surface area contributed by atoms with E-state index in [1.807, 2.05) is 19.2 Å². The highest BCUT2D eigenvalue weighted by atomic mass is 16.5. The summed E-state index contributed by atoms with van der Waals surface area (Å²) in [6.07, 6.45) is 5.61. The van der Waals surface area contributed by atoms with Crippen LogP contribution in [0.4, 0.5) is 0 Å². The van der Waals surface area contributed by atoms with E-state index in [-0.39, 0.29) is 5.97 Å². The molecule has 0 N–H and O–H groups in total. The van der Waals surface area contributed by atoms with E-state index in [1.165, 1.54) is 27.5 Å².